The average molecular weight is 267 g/mol. The lowest BCUT2D eigenvalue weighted by molar-refractivity contribution is -0.0221. The molecule has 1 aliphatic rings. The Balaban J connectivity index is 2.00. The second kappa shape index (κ2) is 6.01. The molecule has 0 saturated heterocycles. The van der Waals surface area contributed by atoms with Gasteiger partial charge in [0.25, 0.3) is 0 Å². The lowest BCUT2D eigenvalue weighted by Crippen LogP contribution is -2.34. The highest BCUT2D eigenvalue weighted by molar-refractivity contribution is 4.98. The molecule has 1 saturated carbocycles. The summed E-state index contributed by atoms with van der Waals surface area (Å²) in [6.07, 6.45) is 5.55. The number of aromatic nitrogens is 2. The molecule has 1 heterocycles. The number of ether oxygens (including phenoxy) is 1. The van der Waals surface area contributed by atoms with Crippen LogP contribution in [-0.4, -0.2) is 22.8 Å². The van der Waals surface area contributed by atoms with Crippen molar-refractivity contribution in [3.63, 3.8) is 0 Å². The maximum Gasteiger partial charge on any atom is 0.227 e. The Morgan fingerprint density at radius 2 is 2.11 bits per heavy atom. The minimum absolute atomic E-state index is 0.268. The van der Waals surface area contributed by atoms with Gasteiger partial charge in [0.1, 0.15) is 5.60 Å². The summed E-state index contributed by atoms with van der Waals surface area (Å²) in [4.78, 5) is 4.47. The van der Waals surface area contributed by atoms with Crippen molar-refractivity contribution >= 4 is 0 Å². The van der Waals surface area contributed by atoms with Gasteiger partial charge in [-0.2, -0.15) is 4.98 Å². The second-order valence-electron chi connectivity index (χ2n) is 5.87. The summed E-state index contributed by atoms with van der Waals surface area (Å²) >= 11 is 0. The molecule has 0 aliphatic heterocycles. The van der Waals surface area contributed by atoms with Crippen LogP contribution in [0.1, 0.15) is 58.2 Å². The second-order valence-corrected chi connectivity index (χ2v) is 5.87. The zero-order valence-corrected chi connectivity index (χ0v) is 12.2. The molecule has 5 heteroatoms. The van der Waals surface area contributed by atoms with Gasteiger partial charge in [0.2, 0.25) is 11.7 Å². The van der Waals surface area contributed by atoms with Crippen LogP contribution in [0.15, 0.2) is 4.52 Å². The Morgan fingerprint density at radius 1 is 1.37 bits per heavy atom. The van der Waals surface area contributed by atoms with Gasteiger partial charge in [-0.3, -0.25) is 0 Å². The fourth-order valence-corrected chi connectivity index (χ4v) is 2.72. The van der Waals surface area contributed by atoms with Gasteiger partial charge in [0.05, 0.1) is 0 Å². The number of rotatable bonds is 5. The topological polar surface area (TPSA) is 74.2 Å². The van der Waals surface area contributed by atoms with E-state index < -0.39 is 5.60 Å². The van der Waals surface area contributed by atoms with Crippen molar-refractivity contribution in [2.24, 2.45) is 11.7 Å². The molecule has 19 heavy (non-hydrogen) atoms. The maximum absolute atomic E-state index is 6.15. The van der Waals surface area contributed by atoms with Gasteiger partial charge in [-0.25, -0.2) is 0 Å². The minimum atomic E-state index is -0.495. The van der Waals surface area contributed by atoms with Crippen molar-refractivity contribution in [1.29, 1.82) is 0 Å². The van der Waals surface area contributed by atoms with E-state index in [2.05, 4.69) is 10.1 Å². The van der Waals surface area contributed by atoms with E-state index in [0.29, 0.717) is 24.2 Å². The van der Waals surface area contributed by atoms with E-state index in [9.17, 15) is 0 Å². The third kappa shape index (κ3) is 3.54. The van der Waals surface area contributed by atoms with E-state index in [-0.39, 0.29) is 6.04 Å². The summed E-state index contributed by atoms with van der Waals surface area (Å²) in [5.41, 5.74) is 5.66. The Labute approximate surface area is 114 Å². The predicted octanol–water partition coefficient (Wildman–Crippen LogP) is 2.40. The number of hydrogen-bond acceptors (Lipinski definition) is 5. The lowest BCUT2D eigenvalue weighted by atomic mass is 9.83. The SMILES string of the molecule is CCOC(C)(C)c1noc(CC2CCCCC2N)n1. The van der Waals surface area contributed by atoms with Crippen LogP contribution in [0.3, 0.4) is 0 Å². The van der Waals surface area contributed by atoms with Crippen molar-refractivity contribution in [3.05, 3.63) is 11.7 Å². The van der Waals surface area contributed by atoms with Crippen LogP contribution < -0.4 is 5.73 Å². The largest absolute Gasteiger partial charge is 0.368 e. The van der Waals surface area contributed by atoms with Gasteiger partial charge < -0.3 is 15.0 Å². The summed E-state index contributed by atoms with van der Waals surface area (Å²) in [6, 6.07) is 0.268. The first-order valence-corrected chi connectivity index (χ1v) is 7.25. The Kier molecular flexibility index (Phi) is 4.58. The molecule has 108 valence electrons. The van der Waals surface area contributed by atoms with Crippen LogP contribution in [-0.2, 0) is 16.8 Å². The summed E-state index contributed by atoms with van der Waals surface area (Å²) in [5, 5.41) is 4.05. The summed E-state index contributed by atoms with van der Waals surface area (Å²) < 4.78 is 11.0. The van der Waals surface area contributed by atoms with Crippen LogP contribution in [0.4, 0.5) is 0 Å². The van der Waals surface area contributed by atoms with Crippen LogP contribution in [0, 0.1) is 5.92 Å². The lowest BCUT2D eigenvalue weighted by Gasteiger charge is -2.27. The van der Waals surface area contributed by atoms with Gasteiger partial charge in [-0.1, -0.05) is 18.0 Å². The van der Waals surface area contributed by atoms with E-state index in [1.807, 2.05) is 20.8 Å². The molecule has 2 rings (SSSR count). The molecule has 5 nitrogen and oxygen atoms in total. The quantitative estimate of drug-likeness (QED) is 0.886. The number of nitrogens with zero attached hydrogens (tertiary/aromatic N) is 2. The van der Waals surface area contributed by atoms with Crippen molar-refractivity contribution in [3.8, 4) is 0 Å². The first kappa shape index (κ1) is 14.5. The molecular formula is C14H25N3O2. The molecule has 0 spiro atoms. The molecule has 2 N–H and O–H groups in total. The van der Waals surface area contributed by atoms with Crippen LogP contribution in [0.5, 0.6) is 0 Å². The zero-order valence-electron chi connectivity index (χ0n) is 12.2. The monoisotopic (exact) mass is 267 g/mol. The molecule has 0 aromatic carbocycles. The minimum Gasteiger partial charge on any atom is -0.368 e. The van der Waals surface area contributed by atoms with E-state index in [1.165, 1.54) is 12.8 Å². The van der Waals surface area contributed by atoms with Gasteiger partial charge in [-0.15, -0.1) is 0 Å². The molecule has 0 bridgehead atoms. The third-order valence-electron chi connectivity index (χ3n) is 3.92. The van der Waals surface area contributed by atoms with E-state index >= 15 is 0 Å². The van der Waals surface area contributed by atoms with Crippen molar-refractivity contribution in [1.82, 2.24) is 10.1 Å². The average Bonchev–Trinajstić information content (AvgIpc) is 2.81. The van der Waals surface area contributed by atoms with Crippen molar-refractivity contribution in [2.75, 3.05) is 6.61 Å². The molecule has 1 aromatic heterocycles. The smallest absolute Gasteiger partial charge is 0.227 e. The molecule has 0 amide bonds. The fourth-order valence-electron chi connectivity index (χ4n) is 2.72. The van der Waals surface area contributed by atoms with Crippen LogP contribution in [0.2, 0.25) is 0 Å². The molecule has 2 unspecified atom stereocenters. The van der Waals surface area contributed by atoms with Gasteiger partial charge in [-0.05, 0) is 39.5 Å². The van der Waals surface area contributed by atoms with Crippen molar-refractivity contribution < 1.29 is 9.26 Å². The molecule has 1 aromatic rings. The summed E-state index contributed by atoms with van der Waals surface area (Å²) in [5.74, 6) is 1.77. The van der Waals surface area contributed by atoms with E-state index in [4.69, 9.17) is 15.0 Å². The van der Waals surface area contributed by atoms with Crippen LogP contribution >= 0.6 is 0 Å². The predicted molar refractivity (Wildman–Crippen MR) is 72.6 cm³/mol. The number of hydrogen-bond donors (Lipinski definition) is 1. The third-order valence-corrected chi connectivity index (χ3v) is 3.92. The Hall–Kier alpha value is -0.940. The van der Waals surface area contributed by atoms with E-state index in [0.717, 1.165) is 19.3 Å². The molecule has 1 aliphatic carbocycles. The Bertz CT molecular complexity index is 403. The summed E-state index contributed by atoms with van der Waals surface area (Å²) in [6.45, 7) is 6.50. The molecule has 2 atom stereocenters. The first-order valence-electron chi connectivity index (χ1n) is 7.25. The molecular weight excluding hydrogens is 242 g/mol. The fraction of sp³-hybridized carbons (Fsp3) is 0.857. The first-order chi connectivity index (χ1) is 9.03. The van der Waals surface area contributed by atoms with Crippen molar-refractivity contribution in [2.45, 2.75) is 64.5 Å². The molecule has 0 radical (unpaired) electrons. The zero-order chi connectivity index (χ0) is 13.9. The maximum atomic E-state index is 6.15. The standard InChI is InChI=1S/C14H25N3O2/c1-4-18-14(2,3)13-16-12(19-17-13)9-10-7-5-6-8-11(10)15/h10-11H,4-9,15H2,1-3H3. The Morgan fingerprint density at radius 3 is 2.79 bits per heavy atom. The van der Waals surface area contributed by atoms with Gasteiger partial charge >= 0.3 is 0 Å². The van der Waals surface area contributed by atoms with Gasteiger partial charge in [0.15, 0.2) is 0 Å². The number of nitrogens with two attached hydrogens (primary N) is 1. The normalized spacial score (nSPS) is 24.6. The highest BCUT2D eigenvalue weighted by atomic mass is 16.5. The summed E-state index contributed by atoms with van der Waals surface area (Å²) in [7, 11) is 0. The van der Waals surface area contributed by atoms with Crippen LogP contribution in [0.25, 0.3) is 0 Å². The van der Waals surface area contributed by atoms with Gasteiger partial charge in [0, 0.05) is 19.1 Å². The van der Waals surface area contributed by atoms with E-state index in [1.54, 1.807) is 0 Å². The highest BCUT2D eigenvalue weighted by Gasteiger charge is 2.29. The highest BCUT2D eigenvalue weighted by Crippen LogP contribution is 2.27. The molecule has 1 fully saturated rings.